The van der Waals surface area contributed by atoms with E-state index < -0.39 is 5.41 Å². The van der Waals surface area contributed by atoms with Crippen LogP contribution >= 0.6 is 0 Å². The van der Waals surface area contributed by atoms with Crippen molar-refractivity contribution in [2.24, 2.45) is 0 Å². The second-order valence-corrected chi connectivity index (χ2v) is 16.1. The first-order valence-electron chi connectivity index (χ1n) is 22.7. The van der Waals surface area contributed by atoms with Crippen LogP contribution < -0.4 is 0 Å². The van der Waals surface area contributed by atoms with Crippen molar-refractivity contribution in [3.05, 3.63) is 217 Å². The Kier molecular flexibility index (Phi) is 6.27. The summed E-state index contributed by atoms with van der Waals surface area (Å²) in [4.78, 5) is 0. The van der Waals surface area contributed by atoms with Crippen molar-refractivity contribution in [1.82, 2.24) is 9.13 Å². The van der Waals surface area contributed by atoms with Crippen LogP contribution in [-0.2, 0) is 5.41 Å². The van der Waals surface area contributed by atoms with E-state index in [1.165, 1.54) is 38.2 Å². The summed E-state index contributed by atoms with van der Waals surface area (Å²) in [5.74, 6) is 0. The first-order chi connectivity index (χ1) is 31.1. The lowest BCUT2D eigenvalue weighted by molar-refractivity contribution is 0.660. The summed E-state index contributed by atoms with van der Waals surface area (Å²) in [6.45, 7) is 4.42. The maximum absolute atomic E-state index is 8.83. The standard InChI is InChI=1S/C57H40N2/c1-57(2)49-24-15-23-43(38-18-7-4-8-19-38)56(49)46-31-30-41(36-50(46)57)58-52-26-13-10-21-44(52)47-34-39(28-32-54(47)58)40-29-33-55-48(35-40)45-22-11-14-27-53(45)59(55)51-25-12-9-20-42(51)37-16-5-3-6-17-37/h3-36H,1-2H3/i4D,7D,8D,18D,19D. The van der Waals surface area contributed by atoms with Crippen LogP contribution in [0.25, 0.3) is 99.5 Å². The summed E-state index contributed by atoms with van der Waals surface area (Å²) in [5.41, 5.74) is 16.0. The summed E-state index contributed by atoms with van der Waals surface area (Å²) >= 11 is 0. The summed E-state index contributed by atoms with van der Waals surface area (Å²) in [5, 5.41) is 4.75. The average Bonchev–Trinajstić information content (AvgIpc) is 3.93. The molecule has 12 rings (SSSR count). The monoisotopic (exact) mass is 757 g/mol. The quantitative estimate of drug-likeness (QED) is 0.165. The minimum absolute atomic E-state index is 0.191. The smallest absolute Gasteiger partial charge is 0.0629 e. The van der Waals surface area contributed by atoms with Crippen LogP contribution in [-0.4, -0.2) is 9.13 Å². The van der Waals surface area contributed by atoms with E-state index in [9.17, 15) is 0 Å². The fraction of sp³-hybridized carbons (Fsp3) is 0.0526. The number of nitrogens with zero attached hydrogens (tertiary/aromatic N) is 2. The highest BCUT2D eigenvalue weighted by Gasteiger charge is 2.37. The van der Waals surface area contributed by atoms with Gasteiger partial charge in [0.2, 0.25) is 0 Å². The normalized spacial score (nSPS) is 14.2. The molecule has 0 fully saturated rings. The van der Waals surface area contributed by atoms with Gasteiger partial charge in [0.05, 0.1) is 34.6 Å². The van der Waals surface area contributed by atoms with E-state index in [-0.39, 0.29) is 35.8 Å². The van der Waals surface area contributed by atoms with Gasteiger partial charge >= 0.3 is 0 Å². The Morgan fingerprint density at radius 2 is 0.983 bits per heavy atom. The number of rotatable bonds is 5. The Balaban J connectivity index is 0.997. The van der Waals surface area contributed by atoms with Gasteiger partial charge in [-0.15, -0.1) is 0 Å². The Bertz CT molecular complexity index is 3740. The number of benzene rings is 9. The highest BCUT2D eigenvalue weighted by Crippen LogP contribution is 2.53. The number of aromatic nitrogens is 2. The van der Waals surface area contributed by atoms with Crippen LogP contribution in [0, 0.1) is 0 Å². The molecular formula is C57H40N2. The molecule has 0 atom stereocenters. The van der Waals surface area contributed by atoms with Gasteiger partial charge in [-0.05, 0) is 105 Å². The van der Waals surface area contributed by atoms with Gasteiger partial charge in [0, 0.05) is 38.2 Å². The van der Waals surface area contributed by atoms with Crippen molar-refractivity contribution < 1.29 is 6.85 Å². The number of para-hydroxylation sites is 3. The van der Waals surface area contributed by atoms with Gasteiger partial charge in [-0.2, -0.15) is 0 Å². The van der Waals surface area contributed by atoms with Crippen molar-refractivity contribution in [3.63, 3.8) is 0 Å². The van der Waals surface area contributed by atoms with Gasteiger partial charge in [0.1, 0.15) is 0 Å². The lowest BCUT2D eigenvalue weighted by atomic mass is 9.82. The van der Waals surface area contributed by atoms with Gasteiger partial charge in [-0.1, -0.05) is 165 Å². The van der Waals surface area contributed by atoms with E-state index in [1.807, 2.05) is 12.1 Å². The second-order valence-electron chi connectivity index (χ2n) is 16.1. The zero-order valence-electron chi connectivity index (χ0n) is 37.6. The van der Waals surface area contributed by atoms with Crippen LogP contribution in [0.2, 0.25) is 0 Å². The van der Waals surface area contributed by atoms with E-state index >= 15 is 0 Å². The zero-order valence-corrected chi connectivity index (χ0v) is 32.6. The molecule has 11 aromatic rings. The van der Waals surface area contributed by atoms with Gasteiger partial charge in [-0.3, -0.25) is 0 Å². The van der Waals surface area contributed by atoms with Crippen LogP contribution in [0.4, 0.5) is 0 Å². The van der Waals surface area contributed by atoms with Crippen molar-refractivity contribution in [2.75, 3.05) is 0 Å². The number of hydrogen-bond acceptors (Lipinski definition) is 0. The third-order valence-corrected chi connectivity index (χ3v) is 12.6. The van der Waals surface area contributed by atoms with E-state index in [0.717, 1.165) is 61.3 Å². The van der Waals surface area contributed by atoms with Crippen LogP contribution in [0.15, 0.2) is 206 Å². The lowest BCUT2D eigenvalue weighted by Crippen LogP contribution is -2.15. The van der Waals surface area contributed by atoms with Crippen LogP contribution in [0.3, 0.4) is 0 Å². The molecule has 0 N–H and O–H groups in total. The topological polar surface area (TPSA) is 9.86 Å². The molecule has 2 heterocycles. The lowest BCUT2D eigenvalue weighted by Gasteiger charge is -2.22. The number of fused-ring (bicyclic) bond motifs is 9. The predicted octanol–water partition coefficient (Wildman–Crippen LogP) is 15.2. The molecular weight excluding hydrogens is 713 g/mol. The van der Waals surface area contributed by atoms with Crippen molar-refractivity contribution in [1.29, 1.82) is 0 Å². The fourth-order valence-electron chi connectivity index (χ4n) is 9.88. The Morgan fingerprint density at radius 1 is 0.390 bits per heavy atom. The molecule has 0 unspecified atom stereocenters. The molecule has 59 heavy (non-hydrogen) atoms. The van der Waals surface area contributed by atoms with Gasteiger partial charge in [-0.25, -0.2) is 0 Å². The third-order valence-electron chi connectivity index (χ3n) is 12.6. The molecule has 0 spiro atoms. The Morgan fingerprint density at radius 3 is 1.71 bits per heavy atom. The van der Waals surface area contributed by atoms with Gasteiger partial charge in [0.15, 0.2) is 0 Å². The summed E-state index contributed by atoms with van der Waals surface area (Å²) in [7, 11) is 0. The largest absolute Gasteiger partial charge is 0.309 e. The zero-order chi connectivity index (χ0) is 43.6. The molecule has 1 aliphatic carbocycles. The van der Waals surface area contributed by atoms with Crippen molar-refractivity contribution in [3.8, 4) is 55.9 Å². The first-order valence-corrected chi connectivity index (χ1v) is 20.2. The predicted molar refractivity (Wildman–Crippen MR) is 249 cm³/mol. The van der Waals surface area contributed by atoms with Crippen molar-refractivity contribution in [2.45, 2.75) is 19.3 Å². The maximum Gasteiger partial charge on any atom is 0.0629 e. The molecule has 2 heteroatoms. The molecule has 278 valence electrons. The summed E-state index contributed by atoms with van der Waals surface area (Å²) in [6, 6.07) is 61.3. The molecule has 9 aromatic carbocycles. The molecule has 0 amide bonds. The van der Waals surface area contributed by atoms with E-state index in [0.29, 0.717) is 5.56 Å². The van der Waals surface area contributed by atoms with E-state index in [2.05, 4.69) is 187 Å². The Labute approximate surface area is 350 Å². The van der Waals surface area contributed by atoms with E-state index in [4.69, 9.17) is 6.85 Å². The number of hydrogen-bond donors (Lipinski definition) is 0. The summed E-state index contributed by atoms with van der Waals surface area (Å²) < 4.78 is 47.5. The molecule has 2 nitrogen and oxygen atoms in total. The first kappa shape index (κ1) is 28.9. The van der Waals surface area contributed by atoms with Crippen LogP contribution in [0.1, 0.15) is 31.8 Å². The minimum atomic E-state index is -0.415. The highest BCUT2D eigenvalue weighted by molar-refractivity contribution is 6.13. The second kappa shape index (κ2) is 12.8. The average molecular weight is 758 g/mol. The molecule has 0 bridgehead atoms. The van der Waals surface area contributed by atoms with Gasteiger partial charge < -0.3 is 9.13 Å². The molecule has 0 saturated carbocycles. The Hall–Kier alpha value is -7.42. The third kappa shape index (κ3) is 5.00. The van der Waals surface area contributed by atoms with Gasteiger partial charge in [0.25, 0.3) is 0 Å². The fourth-order valence-corrected chi connectivity index (χ4v) is 9.88. The molecule has 0 aliphatic heterocycles. The van der Waals surface area contributed by atoms with E-state index in [1.54, 1.807) is 0 Å². The molecule has 0 radical (unpaired) electrons. The SMILES string of the molecule is [2H]c1c([2H])c([2H])c(-c2cccc3c2-c2ccc(-n4c5ccccc5c5cc(-c6ccc7c(c6)c6ccccc6n7-c6ccccc6-c6ccccc6)ccc54)cc2C3(C)C)c([2H])c1[2H]. The minimum Gasteiger partial charge on any atom is -0.309 e. The summed E-state index contributed by atoms with van der Waals surface area (Å²) in [6.07, 6.45) is 0. The molecule has 0 saturated heterocycles. The maximum atomic E-state index is 8.83. The van der Waals surface area contributed by atoms with Crippen LogP contribution in [0.5, 0.6) is 0 Å². The highest BCUT2D eigenvalue weighted by atomic mass is 15.0. The molecule has 1 aliphatic rings. The molecule has 2 aromatic heterocycles. The van der Waals surface area contributed by atoms with Crippen molar-refractivity contribution >= 4 is 43.6 Å².